The summed E-state index contributed by atoms with van der Waals surface area (Å²) in [7, 11) is 0. The van der Waals surface area contributed by atoms with Crippen molar-refractivity contribution >= 4 is 31.9 Å². The Hall–Kier alpha value is -1.000. The molecule has 0 amide bonds. The number of phenols is 1. The summed E-state index contributed by atoms with van der Waals surface area (Å²) in [5, 5.41) is 8.78. The van der Waals surface area contributed by atoms with E-state index in [-0.39, 0.29) is 0 Å². The molecule has 112 valence electrons. The van der Waals surface area contributed by atoms with Crippen molar-refractivity contribution in [3.05, 3.63) is 57.5 Å². The van der Waals surface area contributed by atoms with E-state index in [4.69, 9.17) is 9.84 Å². The molecule has 1 aliphatic carbocycles. The molecule has 2 aromatic carbocycles. The first-order valence-electron chi connectivity index (χ1n) is 6.96. The number of halogens is 2. The van der Waals surface area contributed by atoms with Gasteiger partial charge in [-0.3, -0.25) is 0 Å². The Balaban J connectivity index is 0.000000173. The highest BCUT2D eigenvalue weighted by Crippen LogP contribution is 2.27. The van der Waals surface area contributed by atoms with Gasteiger partial charge in [0.05, 0.1) is 6.61 Å². The van der Waals surface area contributed by atoms with Gasteiger partial charge in [0, 0.05) is 8.95 Å². The topological polar surface area (TPSA) is 29.5 Å². The van der Waals surface area contributed by atoms with Crippen LogP contribution in [0, 0.1) is 5.92 Å². The van der Waals surface area contributed by atoms with Crippen LogP contribution in [0.3, 0.4) is 0 Å². The normalized spacial score (nSPS) is 13.8. The number of ether oxygens (including phenoxy) is 1. The molecule has 1 N–H and O–H groups in total. The molecule has 1 aliphatic rings. The van der Waals surface area contributed by atoms with Crippen LogP contribution in [0.4, 0.5) is 0 Å². The summed E-state index contributed by atoms with van der Waals surface area (Å²) < 4.78 is 7.64. The molecule has 21 heavy (non-hydrogen) atoms. The average molecular weight is 414 g/mol. The second-order valence-corrected chi connectivity index (χ2v) is 6.88. The van der Waals surface area contributed by atoms with E-state index in [9.17, 15) is 0 Å². The Morgan fingerprint density at radius 1 is 1.00 bits per heavy atom. The number of benzene rings is 2. The van der Waals surface area contributed by atoms with Crippen LogP contribution < -0.4 is 4.74 Å². The van der Waals surface area contributed by atoms with Crippen molar-refractivity contribution in [3.8, 4) is 11.5 Å². The summed E-state index contributed by atoms with van der Waals surface area (Å²) in [6, 6.07) is 14.9. The summed E-state index contributed by atoms with van der Waals surface area (Å²) in [5.41, 5.74) is 0. The summed E-state index contributed by atoms with van der Waals surface area (Å²) in [6.07, 6.45) is 4.06. The molecule has 0 radical (unpaired) electrons. The van der Waals surface area contributed by atoms with E-state index in [1.807, 2.05) is 30.3 Å². The van der Waals surface area contributed by atoms with E-state index < -0.39 is 0 Å². The second kappa shape index (κ2) is 8.44. The van der Waals surface area contributed by atoms with Gasteiger partial charge in [0.1, 0.15) is 11.5 Å². The van der Waals surface area contributed by atoms with E-state index in [0.29, 0.717) is 5.75 Å². The summed E-state index contributed by atoms with van der Waals surface area (Å²) in [4.78, 5) is 0. The fraction of sp³-hybridized carbons (Fsp3) is 0.294. The van der Waals surface area contributed by atoms with Crippen molar-refractivity contribution < 1.29 is 9.84 Å². The molecule has 0 heterocycles. The minimum atomic E-state index is 0.291. The van der Waals surface area contributed by atoms with Crippen molar-refractivity contribution in [1.82, 2.24) is 0 Å². The van der Waals surface area contributed by atoms with Crippen LogP contribution in [-0.4, -0.2) is 11.7 Å². The lowest BCUT2D eigenvalue weighted by molar-refractivity contribution is 0.180. The van der Waals surface area contributed by atoms with Crippen LogP contribution in [0.2, 0.25) is 0 Å². The molecule has 3 rings (SSSR count). The van der Waals surface area contributed by atoms with Gasteiger partial charge in [-0.05, 0) is 55.2 Å². The molecule has 0 unspecified atom stereocenters. The van der Waals surface area contributed by atoms with Crippen LogP contribution in [0.5, 0.6) is 11.5 Å². The van der Waals surface area contributed by atoms with Gasteiger partial charge in [0.25, 0.3) is 0 Å². The third-order valence-electron chi connectivity index (χ3n) is 3.31. The van der Waals surface area contributed by atoms with Crippen molar-refractivity contribution in [2.45, 2.75) is 19.3 Å². The van der Waals surface area contributed by atoms with E-state index in [1.165, 1.54) is 19.3 Å². The quantitative estimate of drug-likeness (QED) is 0.690. The monoisotopic (exact) mass is 412 g/mol. The van der Waals surface area contributed by atoms with E-state index in [1.54, 1.807) is 18.2 Å². The van der Waals surface area contributed by atoms with Gasteiger partial charge in [-0.1, -0.05) is 50.4 Å². The van der Waals surface area contributed by atoms with E-state index in [2.05, 4.69) is 31.9 Å². The largest absolute Gasteiger partial charge is 0.508 e. The Bertz CT molecular complexity index is 551. The van der Waals surface area contributed by atoms with Crippen molar-refractivity contribution in [3.63, 3.8) is 0 Å². The van der Waals surface area contributed by atoms with E-state index in [0.717, 1.165) is 27.2 Å². The van der Waals surface area contributed by atoms with E-state index >= 15 is 0 Å². The van der Waals surface area contributed by atoms with Crippen LogP contribution in [0.1, 0.15) is 19.3 Å². The minimum absolute atomic E-state index is 0.291. The first-order valence-corrected chi connectivity index (χ1v) is 8.55. The van der Waals surface area contributed by atoms with Crippen molar-refractivity contribution in [2.24, 2.45) is 5.92 Å². The predicted molar refractivity (Wildman–Crippen MR) is 92.8 cm³/mol. The van der Waals surface area contributed by atoms with Gasteiger partial charge in [0.2, 0.25) is 0 Å². The Morgan fingerprint density at radius 2 is 1.67 bits per heavy atom. The maximum Gasteiger partial charge on any atom is 0.120 e. The molecule has 0 atom stereocenters. The Labute approximate surface area is 142 Å². The fourth-order valence-corrected chi connectivity index (χ4v) is 2.67. The maximum absolute atomic E-state index is 8.78. The molecule has 0 aromatic heterocycles. The smallest absolute Gasteiger partial charge is 0.120 e. The van der Waals surface area contributed by atoms with Gasteiger partial charge >= 0.3 is 0 Å². The zero-order valence-corrected chi connectivity index (χ0v) is 14.8. The van der Waals surface area contributed by atoms with Gasteiger partial charge < -0.3 is 9.84 Å². The summed E-state index contributed by atoms with van der Waals surface area (Å²) in [6.45, 7) is 0.885. The number of aromatic hydroxyl groups is 1. The number of rotatable bonds is 3. The van der Waals surface area contributed by atoms with Gasteiger partial charge in [0.15, 0.2) is 0 Å². The van der Waals surface area contributed by atoms with Crippen LogP contribution in [-0.2, 0) is 0 Å². The third-order valence-corrected chi connectivity index (χ3v) is 4.30. The minimum Gasteiger partial charge on any atom is -0.508 e. The predicted octanol–water partition coefficient (Wildman–Crippen LogP) is 5.78. The zero-order chi connectivity index (χ0) is 15.1. The first-order chi connectivity index (χ1) is 10.1. The van der Waals surface area contributed by atoms with Gasteiger partial charge in [-0.15, -0.1) is 0 Å². The standard InChI is InChI=1S/C11H13BrO.C6H5BrO/c12-10-5-2-6-11(7-10)13-8-9-3-1-4-9;7-5-2-1-3-6(8)4-5/h2,5-7,9H,1,3-4,8H2;1-4,8H. The van der Waals surface area contributed by atoms with Crippen LogP contribution >= 0.6 is 31.9 Å². The fourth-order valence-electron chi connectivity index (χ4n) is 1.91. The van der Waals surface area contributed by atoms with Gasteiger partial charge in [-0.2, -0.15) is 0 Å². The molecule has 1 fully saturated rings. The number of hydrogen-bond donors (Lipinski definition) is 1. The summed E-state index contributed by atoms with van der Waals surface area (Å²) >= 11 is 6.62. The Morgan fingerprint density at radius 3 is 2.14 bits per heavy atom. The first kappa shape index (κ1) is 16.4. The summed E-state index contributed by atoms with van der Waals surface area (Å²) in [5.74, 6) is 2.07. The molecule has 0 bridgehead atoms. The lowest BCUT2D eigenvalue weighted by Gasteiger charge is -2.25. The molecular formula is C17H18Br2O2. The molecular weight excluding hydrogens is 396 g/mol. The zero-order valence-electron chi connectivity index (χ0n) is 11.6. The Kier molecular flexibility index (Phi) is 6.58. The highest BCUT2D eigenvalue weighted by Gasteiger charge is 2.17. The molecule has 0 spiro atoms. The molecule has 2 aromatic rings. The van der Waals surface area contributed by atoms with Gasteiger partial charge in [-0.25, -0.2) is 0 Å². The maximum atomic E-state index is 8.78. The number of phenolic OH excluding ortho intramolecular Hbond substituents is 1. The molecule has 0 saturated heterocycles. The highest BCUT2D eigenvalue weighted by molar-refractivity contribution is 9.10. The van der Waals surface area contributed by atoms with Crippen molar-refractivity contribution in [2.75, 3.05) is 6.61 Å². The average Bonchev–Trinajstić information content (AvgIpc) is 2.37. The lowest BCUT2D eigenvalue weighted by atomic mass is 9.86. The van der Waals surface area contributed by atoms with Crippen LogP contribution in [0.25, 0.3) is 0 Å². The number of hydrogen-bond acceptors (Lipinski definition) is 2. The van der Waals surface area contributed by atoms with Crippen molar-refractivity contribution in [1.29, 1.82) is 0 Å². The van der Waals surface area contributed by atoms with Crippen LogP contribution in [0.15, 0.2) is 57.5 Å². The lowest BCUT2D eigenvalue weighted by Crippen LogP contribution is -2.19. The molecule has 2 nitrogen and oxygen atoms in total. The second-order valence-electron chi connectivity index (χ2n) is 5.05. The highest BCUT2D eigenvalue weighted by atomic mass is 79.9. The SMILES string of the molecule is Brc1cccc(OCC2CCC2)c1.Oc1cccc(Br)c1. The third kappa shape index (κ3) is 6.10. The molecule has 4 heteroatoms. The molecule has 1 saturated carbocycles. The molecule has 0 aliphatic heterocycles.